The second-order valence-electron chi connectivity index (χ2n) is 3.64. The number of carboxylic acids is 1. The van der Waals surface area contributed by atoms with Gasteiger partial charge in [0.05, 0.1) is 5.69 Å². The number of rotatable bonds is 3. The highest BCUT2D eigenvalue weighted by Crippen LogP contribution is 2.24. The Hall–Kier alpha value is -2.48. The van der Waals surface area contributed by atoms with Gasteiger partial charge in [0, 0.05) is 6.20 Å². The Morgan fingerprint density at radius 2 is 2.21 bits per heavy atom. The summed E-state index contributed by atoms with van der Waals surface area (Å²) >= 11 is 0.858. The molecule has 0 bridgehead atoms. The van der Waals surface area contributed by atoms with Crippen LogP contribution in [0, 0.1) is 6.92 Å². The first-order chi connectivity index (χ1) is 9.00. The van der Waals surface area contributed by atoms with Crippen molar-refractivity contribution < 1.29 is 14.7 Å². The van der Waals surface area contributed by atoms with Crippen molar-refractivity contribution in [1.82, 2.24) is 9.36 Å². The monoisotopic (exact) mass is 279 g/mol. The number of nitrogens with zero attached hydrogens (tertiary/aromatic N) is 1. The van der Waals surface area contributed by atoms with Gasteiger partial charge >= 0.3 is 5.97 Å². The van der Waals surface area contributed by atoms with E-state index in [9.17, 15) is 14.4 Å². The Balaban J connectivity index is 2.33. The van der Waals surface area contributed by atoms with Crippen LogP contribution in [0.4, 0.5) is 5.00 Å². The number of hydrogen-bond donors (Lipinski definition) is 3. The van der Waals surface area contributed by atoms with Crippen LogP contribution in [0.5, 0.6) is 0 Å². The number of hydrogen-bond acceptors (Lipinski definition) is 5. The molecule has 0 saturated carbocycles. The van der Waals surface area contributed by atoms with Crippen molar-refractivity contribution in [3.63, 3.8) is 0 Å². The van der Waals surface area contributed by atoms with Crippen LogP contribution in [-0.2, 0) is 0 Å². The maximum Gasteiger partial charge on any atom is 0.340 e. The van der Waals surface area contributed by atoms with Gasteiger partial charge in [-0.25, -0.2) is 4.79 Å². The molecule has 0 fully saturated rings. The number of pyridine rings is 1. The molecule has 8 heteroatoms. The van der Waals surface area contributed by atoms with E-state index in [0.29, 0.717) is 5.69 Å². The lowest BCUT2D eigenvalue weighted by atomic mass is 10.2. The Morgan fingerprint density at radius 3 is 2.84 bits per heavy atom. The quantitative estimate of drug-likeness (QED) is 0.778. The van der Waals surface area contributed by atoms with Gasteiger partial charge < -0.3 is 15.4 Å². The number of amides is 1. The molecule has 0 unspecified atom stereocenters. The second-order valence-corrected chi connectivity index (χ2v) is 4.42. The molecule has 0 aliphatic rings. The lowest BCUT2D eigenvalue weighted by Crippen LogP contribution is -2.22. The molecule has 2 aromatic rings. The van der Waals surface area contributed by atoms with E-state index < -0.39 is 17.4 Å². The molecule has 1 amide bonds. The molecule has 0 spiro atoms. The van der Waals surface area contributed by atoms with Gasteiger partial charge in [-0.15, -0.1) is 0 Å². The number of nitrogens with one attached hydrogen (secondary N) is 2. The standard InChI is InChI=1S/C11H9N3O4S/c1-5-7(11(17)18)10(19-14-5)13-9(16)6-3-2-4-12-8(6)15/h2-4H,1H3,(H,12,15)(H,13,16)(H,17,18). The molecule has 3 N–H and O–H groups in total. The van der Waals surface area contributed by atoms with Gasteiger partial charge in [-0.05, 0) is 30.6 Å². The van der Waals surface area contributed by atoms with Gasteiger partial charge in [-0.1, -0.05) is 0 Å². The molecule has 0 atom stereocenters. The van der Waals surface area contributed by atoms with Gasteiger partial charge in [-0.3, -0.25) is 9.59 Å². The van der Waals surface area contributed by atoms with E-state index in [4.69, 9.17) is 5.11 Å². The third-order valence-electron chi connectivity index (χ3n) is 2.37. The Bertz CT molecular complexity index is 704. The highest BCUT2D eigenvalue weighted by Gasteiger charge is 2.20. The average Bonchev–Trinajstić information content (AvgIpc) is 2.70. The smallest absolute Gasteiger partial charge is 0.340 e. The number of aromatic carboxylic acids is 1. The van der Waals surface area contributed by atoms with Crippen LogP contribution < -0.4 is 10.9 Å². The fourth-order valence-corrected chi connectivity index (χ4v) is 2.26. The van der Waals surface area contributed by atoms with Crippen LogP contribution in [-0.4, -0.2) is 26.3 Å². The third kappa shape index (κ3) is 2.52. The predicted molar refractivity (Wildman–Crippen MR) is 68.8 cm³/mol. The summed E-state index contributed by atoms with van der Waals surface area (Å²) in [6.45, 7) is 1.53. The fraction of sp³-hybridized carbons (Fsp3) is 0.0909. The number of carbonyl (C=O) groups is 2. The van der Waals surface area contributed by atoms with Crippen molar-refractivity contribution in [1.29, 1.82) is 0 Å². The maximum absolute atomic E-state index is 11.9. The van der Waals surface area contributed by atoms with Gasteiger partial charge in [0.25, 0.3) is 11.5 Å². The fourth-order valence-electron chi connectivity index (χ4n) is 1.48. The van der Waals surface area contributed by atoms with Gasteiger partial charge in [0.15, 0.2) is 0 Å². The summed E-state index contributed by atoms with van der Waals surface area (Å²) in [5.41, 5.74) is -0.386. The van der Waals surface area contributed by atoms with Crippen LogP contribution in [0.2, 0.25) is 0 Å². The largest absolute Gasteiger partial charge is 0.478 e. The molecular weight excluding hydrogens is 270 g/mol. The Labute approximate surface area is 111 Å². The highest BCUT2D eigenvalue weighted by molar-refractivity contribution is 7.11. The van der Waals surface area contributed by atoms with E-state index >= 15 is 0 Å². The van der Waals surface area contributed by atoms with E-state index in [1.165, 1.54) is 25.3 Å². The minimum atomic E-state index is -1.18. The number of aromatic nitrogens is 2. The molecule has 19 heavy (non-hydrogen) atoms. The molecule has 2 aromatic heterocycles. The number of anilines is 1. The van der Waals surface area contributed by atoms with Crippen molar-refractivity contribution in [2.24, 2.45) is 0 Å². The number of aromatic amines is 1. The summed E-state index contributed by atoms with van der Waals surface area (Å²) in [4.78, 5) is 36.7. The van der Waals surface area contributed by atoms with Crippen LogP contribution >= 0.6 is 11.5 Å². The Morgan fingerprint density at radius 1 is 1.47 bits per heavy atom. The first-order valence-electron chi connectivity index (χ1n) is 5.19. The predicted octanol–water partition coefficient (Wildman–Crippen LogP) is 1.09. The highest BCUT2D eigenvalue weighted by atomic mass is 32.1. The number of aryl methyl sites for hydroxylation is 1. The van der Waals surface area contributed by atoms with Crippen molar-refractivity contribution in [2.75, 3.05) is 5.32 Å². The molecule has 98 valence electrons. The molecule has 0 saturated heterocycles. The molecule has 0 aliphatic heterocycles. The summed E-state index contributed by atoms with van der Waals surface area (Å²) in [5, 5.41) is 11.5. The summed E-state index contributed by atoms with van der Waals surface area (Å²) < 4.78 is 3.87. The van der Waals surface area contributed by atoms with Crippen LogP contribution in [0.1, 0.15) is 26.4 Å². The van der Waals surface area contributed by atoms with Crippen LogP contribution in [0.25, 0.3) is 0 Å². The average molecular weight is 279 g/mol. The second kappa shape index (κ2) is 5.02. The number of carbonyl (C=O) groups excluding carboxylic acids is 1. The minimum Gasteiger partial charge on any atom is -0.478 e. The van der Waals surface area contributed by atoms with Crippen molar-refractivity contribution >= 4 is 28.4 Å². The Kier molecular flexibility index (Phi) is 3.43. The van der Waals surface area contributed by atoms with Crippen molar-refractivity contribution in [3.05, 3.63) is 45.5 Å². The van der Waals surface area contributed by atoms with E-state index in [1.807, 2.05) is 0 Å². The lowest BCUT2D eigenvalue weighted by Gasteiger charge is -2.02. The zero-order valence-corrected chi connectivity index (χ0v) is 10.6. The molecule has 0 aromatic carbocycles. The molecule has 2 heterocycles. The van der Waals surface area contributed by atoms with E-state index in [1.54, 1.807) is 0 Å². The van der Waals surface area contributed by atoms with Crippen molar-refractivity contribution in [2.45, 2.75) is 6.92 Å². The van der Waals surface area contributed by atoms with Gasteiger partial charge in [0.2, 0.25) is 0 Å². The summed E-state index contributed by atoms with van der Waals surface area (Å²) in [5.74, 6) is -1.85. The molecular formula is C11H9N3O4S. The molecule has 7 nitrogen and oxygen atoms in total. The SMILES string of the molecule is Cc1nsc(NC(=O)c2ccc[nH]c2=O)c1C(=O)O. The van der Waals surface area contributed by atoms with E-state index in [0.717, 1.165) is 11.5 Å². The molecule has 2 rings (SSSR count). The topological polar surface area (TPSA) is 112 Å². The zero-order valence-electron chi connectivity index (χ0n) is 9.76. The normalized spacial score (nSPS) is 10.2. The lowest BCUT2D eigenvalue weighted by molar-refractivity contribution is 0.0697. The first kappa shape index (κ1) is 13.0. The van der Waals surface area contributed by atoms with Crippen LogP contribution in [0.15, 0.2) is 23.1 Å². The van der Waals surface area contributed by atoms with Crippen LogP contribution in [0.3, 0.4) is 0 Å². The first-order valence-corrected chi connectivity index (χ1v) is 5.96. The molecule has 0 aliphatic carbocycles. The van der Waals surface area contributed by atoms with E-state index in [2.05, 4.69) is 14.7 Å². The number of carboxylic acid groups (broad SMARTS) is 1. The zero-order chi connectivity index (χ0) is 14.0. The van der Waals surface area contributed by atoms with E-state index in [-0.39, 0.29) is 16.1 Å². The third-order valence-corrected chi connectivity index (χ3v) is 3.22. The van der Waals surface area contributed by atoms with Gasteiger partial charge in [0.1, 0.15) is 16.1 Å². The van der Waals surface area contributed by atoms with Gasteiger partial charge in [-0.2, -0.15) is 4.37 Å². The number of H-pyrrole nitrogens is 1. The van der Waals surface area contributed by atoms with Crippen molar-refractivity contribution in [3.8, 4) is 0 Å². The molecule has 0 radical (unpaired) electrons. The maximum atomic E-state index is 11.9. The summed E-state index contributed by atoms with van der Waals surface area (Å²) in [6.07, 6.45) is 1.40. The minimum absolute atomic E-state index is 0.0642. The summed E-state index contributed by atoms with van der Waals surface area (Å²) in [6, 6.07) is 2.86. The summed E-state index contributed by atoms with van der Waals surface area (Å²) in [7, 11) is 0.